The van der Waals surface area contributed by atoms with Crippen molar-refractivity contribution in [1.82, 2.24) is 0 Å². The third kappa shape index (κ3) is 4.73. The van der Waals surface area contributed by atoms with Crippen LogP contribution in [0.2, 0.25) is 0 Å². The van der Waals surface area contributed by atoms with Gasteiger partial charge in [0.05, 0.1) is 13.5 Å². The van der Waals surface area contributed by atoms with Crippen LogP contribution in [0.15, 0.2) is 29.2 Å². The van der Waals surface area contributed by atoms with Gasteiger partial charge in [0, 0.05) is 10.1 Å². The van der Waals surface area contributed by atoms with Crippen molar-refractivity contribution < 1.29 is 9.53 Å². The van der Waals surface area contributed by atoms with Crippen molar-refractivity contribution in [2.75, 3.05) is 7.11 Å². The van der Waals surface area contributed by atoms with Crippen LogP contribution in [-0.4, -0.2) is 18.3 Å². The monoisotopic (exact) mass is 266 g/mol. The van der Waals surface area contributed by atoms with E-state index in [9.17, 15) is 4.79 Å². The molecule has 0 fully saturated rings. The van der Waals surface area contributed by atoms with Gasteiger partial charge in [-0.3, -0.25) is 4.79 Å². The van der Waals surface area contributed by atoms with Crippen molar-refractivity contribution in [3.05, 3.63) is 29.8 Å². The highest BCUT2D eigenvalue weighted by molar-refractivity contribution is 8.00. The van der Waals surface area contributed by atoms with Gasteiger partial charge >= 0.3 is 5.97 Å². The molecule has 1 unspecified atom stereocenters. The highest BCUT2D eigenvalue weighted by Gasteiger charge is 2.14. The fourth-order valence-electron chi connectivity index (χ4n) is 1.63. The quantitative estimate of drug-likeness (QED) is 0.608. The molecule has 0 aromatic heterocycles. The Balaban J connectivity index is 2.61. The number of hydrogen-bond acceptors (Lipinski definition) is 3. The van der Waals surface area contributed by atoms with E-state index in [4.69, 9.17) is 0 Å². The largest absolute Gasteiger partial charge is 0.469 e. The molecule has 0 spiro atoms. The first-order chi connectivity index (χ1) is 8.32. The van der Waals surface area contributed by atoms with Gasteiger partial charge in [-0.05, 0) is 23.1 Å². The molecule has 2 nitrogen and oxygen atoms in total. The van der Waals surface area contributed by atoms with Gasteiger partial charge in [-0.1, -0.05) is 39.8 Å². The minimum absolute atomic E-state index is 0.152. The van der Waals surface area contributed by atoms with Gasteiger partial charge in [-0.25, -0.2) is 0 Å². The Morgan fingerprint density at radius 3 is 2.28 bits per heavy atom. The molecule has 1 aromatic rings. The van der Waals surface area contributed by atoms with E-state index >= 15 is 0 Å². The normalized spacial score (nSPS) is 13.2. The molecule has 0 saturated carbocycles. The standard InChI is InChI=1S/C15H22O2S/c1-11(10-14(16)17-5)18-13-8-6-12(7-9-13)15(2,3)4/h6-9,11H,10H2,1-5H3. The first-order valence-electron chi connectivity index (χ1n) is 6.17. The Morgan fingerprint density at radius 1 is 1.28 bits per heavy atom. The van der Waals surface area contributed by atoms with Crippen molar-refractivity contribution in [3.63, 3.8) is 0 Å². The van der Waals surface area contributed by atoms with E-state index in [1.54, 1.807) is 11.8 Å². The van der Waals surface area contributed by atoms with Gasteiger partial charge in [0.15, 0.2) is 0 Å². The summed E-state index contributed by atoms with van der Waals surface area (Å²) in [5, 5.41) is 0.234. The van der Waals surface area contributed by atoms with Crippen LogP contribution in [0.3, 0.4) is 0 Å². The smallest absolute Gasteiger partial charge is 0.306 e. The first kappa shape index (κ1) is 15.1. The van der Waals surface area contributed by atoms with Crippen LogP contribution in [0.5, 0.6) is 0 Å². The van der Waals surface area contributed by atoms with Crippen molar-refractivity contribution in [2.45, 2.75) is 49.7 Å². The second-order valence-electron chi connectivity index (χ2n) is 5.48. The summed E-state index contributed by atoms with van der Waals surface area (Å²) in [6, 6.07) is 8.57. The number of benzene rings is 1. The van der Waals surface area contributed by atoms with Crippen LogP contribution < -0.4 is 0 Å². The predicted octanol–water partition coefficient (Wildman–Crippen LogP) is 4.03. The summed E-state index contributed by atoms with van der Waals surface area (Å²) >= 11 is 1.71. The minimum atomic E-state index is -0.152. The maximum atomic E-state index is 11.2. The molecule has 0 bridgehead atoms. The number of esters is 1. The third-order valence-corrected chi connectivity index (χ3v) is 3.85. The lowest BCUT2D eigenvalue weighted by Crippen LogP contribution is -2.11. The molecule has 1 rings (SSSR count). The lowest BCUT2D eigenvalue weighted by atomic mass is 9.87. The van der Waals surface area contributed by atoms with Gasteiger partial charge in [0.1, 0.15) is 0 Å². The molecule has 0 heterocycles. The van der Waals surface area contributed by atoms with E-state index in [2.05, 4.69) is 49.8 Å². The van der Waals surface area contributed by atoms with E-state index in [0.717, 1.165) is 0 Å². The number of methoxy groups -OCH3 is 1. The van der Waals surface area contributed by atoms with Crippen LogP contribution in [0, 0.1) is 0 Å². The van der Waals surface area contributed by atoms with E-state index in [0.29, 0.717) is 6.42 Å². The zero-order valence-corrected chi connectivity index (χ0v) is 12.6. The van der Waals surface area contributed by atoms with Crippen molar-refractivity contribution in [1.29, 1.82) is 0 Å². The Bertz CT molecular complexity index is 390. The lowest BCUT2D eigenvalue weighted by molar-refractivity contribution is -0.140. The van der Waals surface area contributed by atoms with Gasteiger partial charge < -0.3 is 4.74 Å². The van der Waals surface area contributed by atoms with Gasteiger partial charge in [-0.15, -0.1) is 11.8 Å². The van der Waals surface area contributed by atoms with Crippen LogP contribution >= 0.6 is 11.8 Å². The molecule has 3 heteroatoms. The molecule has 0 N–H and O–H groups in total. The van der Waals surface area contributed by atoms with Crippen LogP contribution in [-0.2, 0) is 14.9 Å². The predicted molar refractivity (Wildman–Crippen MR) is 77.1 cm³/mol. The second-order valence-corrected chi connectivity index (χ2v) is 6.99. The number of rotatable bonds is 4. The number of thioether (sulfide) groups is 1. The fourth-order valence-corrected chi connectivity index (χ4v) is 2.60. The molecule has 0 radical (unpaired) electrons. The highest BCUT2D eigenvalue weighted by Crippen LogP contribution is 2.28. The molecule has 18 heavy (non-hydrogen) atoms. The summed E-state index contributed by atoms with van der Waals surface area (Å²) in [7, 11) is 1.43. The number of carbonyl (C=O) groups excluding carboxylic acids is 1. The first-order valence-corrected chi connectivity index (χ1v) is 7.05. The Labute approximate surface area is 114 Å². The SMILES string of the molecule is COC(=O)CC(C)Sc1ccc(C(C)(C)C)cc1. The number of carbonyl (C=O) groups is 1. The number of ether oxygens (including phenoxy) is 1. The fraction of sp³-hybridized carbons (Fsp3) is 0.533. The molecule has 100 valence electrons. The Hall–Kier alpha value is -0.960. The minimum Gasteiger partial charge on any atom is -0.469 e. The molecule has 0 aliphatic heterocycles. The molecule has 0 aliphatic carbocycles. The number of hydrogen-bond donors (Lipinski definition) is 0. The van der Waals surface area contributed by atoms with Crippen LogP contribution in [0.4, 0.5) is 0 Å². The molecular formula is C15H22O2S. The summed E-state index contributed by atoms with van der Waals surface area (Å²) in [6.07, 6.45) is 0.447. The van der Waals surface area contributed by atoms with E-state index in [1.165, 1.54) is 17.6 Å². The van der Waals surface area contributed by atoms with Crippen molar-refractivity contribution in [3.8, 4) is 0 Å². The van der Waals surface area contributed by atoms with E-state index in [1.807, 2.05) is 6.92 Å². The summed E-state index contributed by atoms with van der Waals surface area (Å²) in [5.41, 5.74) is 1.51. The maximum Gasteiger partial charge on any atom is 0.306 e. The molecule has 1 aromatic carbocycles. The molecule has 0 aliphatic rings. The third-order valence-electron chi connectivity index (χ3n) is 2.74. The summed E-state index contributed by atoms with van der Waals surface area (Å²) < 4.78 is 4.67. The highest BCUT2D eigenvalue weighted by atomic mass is 32.2. The van der Waals surface area contributed by atoms with Crippen LogP contribution in [0.1, 0.15) is 39.7 Å². The van der Waals surface area contributed by atoms with Gasteiger partial charge in [-0.2, -0.15) is 0 Å². The molecular weight excluding hydrogens is 244 g/mol. The molecule has 0 saturated heterocycles. The van der Waals surface area contributed by atoms with Crippen LogP contribution in [0.25, 0.3) is 0 Å². The summed E-state index contributed by atoms with van der Waals surface area (Å²) in [4.78, 5) is 12.4. The van der Waals surface area contributed by atoms with Crippen molar-refractivity contribution in [2.24, 2.45) is 0 Å². The van der Waals surface area contributed by atoms with Crippen molar-refractivity contribution >= 4 is 17.7 Å². The zero-order valence-electron chi connectivity index (χ0n) is 11.8. The Morgan fingerprint density at radius 2 is 1.83 bits per heavy atom. The average Bonchev–Trinajstić information content (AvgIpc) is 2.28. The zero-order chi connectivity index (χ0) is 13.8. The maximum absolute atomic E-state index is 11.2. The summed E-state index contributed by atoms with van der Waals surface area (Å²) in [6.45, 7) is 8.65. The second kappa shape index (κ2) is 6.28. The lowest BCUT2D eigenvalue weighted by Gasteiger charge is -2.19. The molecule has 0 amide bonds. The van der Waals surface area contributed by atoms with E-state index < -0.39 is 0 Å². The van der Waals surface area contributed by atoms with Gasteiger partial charge in [0.25, 0.3) is 0 Å². The van der Waals surface area contributed by atoms with E-state index in [-0.39, 0.29) is 16.6 Å². The molecule has 1 atom stereocenters. The average molecular weight is 266 g/mol. The van der Waals surface area contributed by atoms with Gasteiger partial charge in [0.2, 0.25) is 0 Å². The summed E-state index contributed by atoms with van der Waals surface area (Å²) in [5.74, 6) is -0.152. The Kier molecular flexibility index (Phi) is 5.27. The topological polar surface area (TPSA) is 26.3 Å².